The van der Waals surface area contributed by atoms with E-state index in [-0.39, 0.29) is 24.8 Å². The summed E-state index contributed by atoms with van der Waals surface area (Å²) in [6, 6.07) is 13.9. The van der Waals surface area contributed by atoms with E-state index < -0.39 is 11.9 Å². The number of hydrogen-bond acceptors (Lipinski definition) is 2. The van der Waals surface area contributed by atoms with Gasteiger partial charge >= 0.3 is 11.9 Å². The molecule has 0 saturated heterocycles. The molecule has 0 spiro atoms. The Morgan fingerprint density at radius 2 is 1.65 bits per heavy atom. The van der Waals surface area contributed by atoms with Crippen molar-refractivity contribution in [3.05, 3.63) is 71.0 Å². The number of halogens is 1. The Bertz CT molecular complexity index is 975. The van der Waals surface area contributed by atoms with E-state index in [0.717, 1.165) is 24.0 Å². The van der Waals surface area contributed by atoms with Crippen molar-refractivity contribution in [3.8, 4) is 11.8 Å². The van der Waals surface area contributed by atoms with Gasteiger partial charge in [0, 0.05) is 31.0 Å². The summed E-state index contributed by atoms with van der Waals surface area (Å²) in [6.45, 7) is 4.38. The standard InChI is InChI=1S/C29H36FNO3/c1-3-5-6-7-8-9-10-11-14-23-17-19-24(20-18-23)21-31(28(32)29(33)34)22-25(4-2)26-15-12-13-16-27(26)30/h12-13,15-20,25H,3-10,21-22H2,1-2H3,(H,33,34). The van der Waals surface area contributed by atoms with E-state index >= 15 is 0 Å². The number of carboxylic acid groups (broad SMARTS) is 1. The highest BCUT2D eigenvalue weighted by Gasteiger charge is 2.25. The normalized spacial score (nSPS) is 11.4. The van der Waals surface area contributed by atoms with Gasteiger partial charge in [0.2, 0.25) is 0 Å². The molecule has 0 bridgehead atoms. The molecule has 0 aliphatic rings. The fourth-order valence-corrected chi connectivity index (χ4v) is 3.95. The second kappa shape index (κ2) is 14.9. The summed E-state index contributed by atoms with van der Waals surface area (Å²) in [6.07, 6.45) is 8.91. The molecule has 1 atom stereocenters. The van der Waals surface area contributed by atoms with E-state index in [1.54, 1.807) is 18.2 Å². The molecule has 0 radical (unpaired) electrons. The Hall–Kier alpha value is -3.13. The SMILES string of the molecule is CCCCCCCCC#Cc1ccc(CN(CC(CC)c2ccccc2F)C(=O)C(=O)O)cc1. The molecule has 1 amide bonds. The predicted octanol–water partition coefficient (Wildman–Crippen LogP) is 6.53. The lowest BCUT2D eigenvalue weighted by Gasteiger charge is -2.26. The van der Waals surface area contributed by atoms with Gasteiger partial charge in [0.15, 0.2) is 0 Å². The summed E-state index contributed by atoms with van der Waals surface area (Å²) in [5.74, 6) is 3.24. The van der Waals surface area contributed by atoms with E-state index in [9.17, 15) is 19.1 Å². The Balaban J connectivity index is 2.00. The lowest BCUT2D eigenvalue weighted by Crippen LogP contribution is -2.38. The van der Waals surface area contributed by atoms with Gasteiger partial charge in [-0.15, -0.1) is 0 Å². The molecule has 2 aromatic carbocycles. The van der Waals surface area contributed by atoms with Crippen molar-refractivity contribution in [2.24, 2.45) is 0 Å². The number of benzene rings is 2. The molecule has 1 unspecified atom stereocenters. The zero-order valence-electron chi connectivity index (χ0n) is 20.4. The Morgan fingerprint density at radius 3 is 2.29 bits per heavy atom. The molecule has 0 aromatic heterocycles. The number of hydrogen-bond donors (Lipinski definition) is 1. The van der Waals surface area contributed by atoms with Gasteiger partial charge in [0.1, 0.15) is 5.82 Å². The summed E-state index contributed by atoms with van der Waals surface area (Å²) in [7, 11) is 0. The predicted molar refractivity (Wildman–Crippen MR) is 134 cm³/mol. The number of unbranched alkanes of at least 4 members (excludes halogenated alkanes) is 6. The van der Waals surface area contributed by atoms with Crippen LogP contribution in [0.5, 0.6) is 0 Å². The van der Waals surface area contributed by atoms with Crippen molar-refractivity contribution in [2.75, 3.05) is 6.54 Å². The molecule has 5 heteroatoms. The molecule has 2 rings (SSSR count). The van der Waals surface area contributed by atoms with Crippen LogP contribution in [0.2, 0.25) is 0 Å². The number of carbonyl (C=O) groups excluding carboxylic acids is 1. The third-order valence-corrected chi connectivity index (χ3v) is 5.96. The maximum atomic E-state index is 14.3. The number of carbonyl (C=O) groups is 2. The number of carboxylic acids is 1. The minimum Gasteiger partial charge on any atom is -0.474 e. The average molecular weight is 466 g/mol. The monoisotopic (exact) mass is 465 g/mol. The largest absolute Gasteiger partial charge is 0.474 e. The first kappa shape index (κ1) is 27.1. The van der Waals surface area contributed by atoms with Gasteiger partial charge < -0.3 is 10.0 Å². The minimum atomic E-state index is -1.51. The smallest absolute Gasteiger partial charge is 0.394 e. The maximum absolute atomic E-state index is 14.3. The van der Waals surface area contributed by atoms with Crippen molar-refractivity contribution in [2.45, 2.75) is 77.7 Å². The van der Waals surface area contributed by atoms with Crippen LogP contribution < -0.4 is 0 Å². The number of aliphatic carboxylic acids is 1. The van der Waals surface area contributed by atoms with Gasteiger partial charge in [-0.2, -0.15) is 0 Å². The van der Waals surface area contributed by atoms with Gasteiger partial charge in [-0.3, -0.25) is 4.79 Å². The molecule has 34 heavy (non-hydrogen) atoms. The summed E-state index contributed by atoms with van der Waals surface area (Å²) in [4.78, 5) is 25.1. The van der Waals surface area contributed by atoms with Gasteiger partial charge in [-0.1, -0.05) is 88.1 Å². The molecule has 0 aliphatic heterocycles. The molecule has 182 valence electrons. The summed E-state index contributed by atoms with van der Waals surface area (Å²) >= 11 is 0. The number of rotatable bonds is 12. The first-order valence-electron chi connectivity index (χ1n) is 12.3. The summed E-state index contributed by atoms with van der Waals surface area (Å²) in [5.41, 5.74) is 2.19. The van der Waals surface area contributed by atoms with Crippen LogP contribution in [0.4, 0.5) is 4.39 Å². The zero-order valence-corrected chi connectivity index (χ0v) is 20.4. The summed E-state index contributed by atoms with van der Waals surface area (Å²) in [5, 5.41) is 9.30. The third-order valence-electron chi connectivity index (χ3n) is 5.96. The molecule has 0 saturated carbocycles. The highest BCUT2D eigenvalue weighted by Crippen LogP contribution is 2.24. The second-order valence-corrected chi connectivity index (χ2v) is 8.63. The van der Waals surface area contributed by atoms with Crippen LogP contribution in [0.3, 0.4) is 0 Å². The van der Waals surface area contributed by atoms with E-state index in [4.69, 9.17) is 0 Å². The summed E-state index contributed by atoms with van der Waals surface area (Å²) < 4.78 is 14.3. The molecule has 2 aromatic rings. The molecule has 0 heterocycles. The van der Waals surface area contributed by atoms with Crippen molar-refractivity contribution in [3.63, 3.8) is 0 Å². The van der Waals surface area contributed by atoms with Crippen molar-refractivity contribution < 1.29 is 19.1 Å². The van der Waals surface area contributed by atoms with Crippen molar-refractivity contribution in [1.82, 2.24) is 4.90 Å². The van der Waals surface area contributed by atoms with Crippen LogP contribution in [0, 0.1) is 17.7 Å². The van der Waals surface area contributed by atoms with E-state index in [1.165, 1.54) is 43.1 Å². The molecule has 0 aliphatic carbocycles. The van der Waals surface area contributed by atoms with Crippen molar-refractivity contribution in [1.29, 1.82) is 0 Å². The molecular weight excluding hydrogens is 429 g/mol. The fraction of sp³-hybridized carbons (Fsp3) is 0.448. The lowest BCUT2D eigenvalue weighted by molar-refractivity contribution is -0.156. The fourth-order valence-electron chi connectivity index (χ4n) is 3.95. The number of nitrogens with zero attached hydrogens (tertiary/aromatic N) is 1. The van der Waals surface area contributed by atoms with Crippen LogP contribution in [0.15, 0.2) is 48.5 Å². The first-order chi connectivity index (χ1) is 16.5. The van der Waals surface area contributed by atoms with Crippen LogP contribution in [-0.2, 0) is 16.1 Å². The third kappa shape index (κ3) is 9.02. The second-order valence-electron chi connectivity index (χ2n) is 8.63. The Kier molecular flexibility index (Phi) is 11.9. The Labute approximate surface area is 203 Å². The molecule has 4 nitrogen and oxygen atoms in total. The lowest BCUT2D eigenvalue weighted by atomic mass is 9.95. The van der Waals surface area contributed by atoms with Crippen LogP contribution >= 0.6 is 0 Å². The minimum absolute atomic E-state index is 0.127. The quantitative estimate of drug-likeness (QED) is 0.220. The molecular formula is C29H36FNO3. The van der Waals surface area contributed by atoms with Crippen LogP contribution in [0.25, 0.3) is 0 Å². The van der Waals surface area contributed by atoms with Gasteiger partial charge in [-0.25, -0.2) is 9.18 Å². The van der Waals surface area contributed by atoms with Gasteiger partial charge in [0.25, 0.3) is 0 Å². The highest BCUT2D eigenvalue weighted by molar-refractivity contribution is 6.31. The molecule has 0 fully saturated rings. The zero-order chi connectivity index (χ0) is 24.8. The average Bonchev–Trinajstić information content (AvgIpc) is 2.84. The first-order valence-corrected chi connectivity index (χ1v) is 12.3. The van der Waals surface area contributed by atoms with Gasteiger partial charge in [0.05, 0.1) is 0 Å². The molecule has 1 N–H and O–H groups in total. The van der Waals surface area contributed by atoms with E-state index in [1.807, 2.05) is 31.2 Å². The Morgan fingerprint density at radius 1 is 0.971 bits per heavy atom. The topological polar surface area (TPSA) is 57.6 Å². The highest BCUT2D eigenvalue weighted by atomic mass is 19.1. The van der Waals surface area contributed by atoms with E-state index in [2.05, 4.69) is 18.8 Å². The van der Waals surface area contributed by atoms with E-state index in [0.29, 0.717) is 12.0 Å². The van der Waals surface area contributed by atoms with Crippen LogP contribution in [0.1, 0.15) is 87.8 Å². The van der Waals surface area contributed by atoms with Crippen LogP contribution in [-0.4, -0.2) is 28.4 Å². The van der Waals surface area contributed by atoms with Gasteiger partial charge in [-0.05, 0) is 42.2 Å². The van der Waals surface area contributed by atoms with Crippen molar-refractivity contribution >= 4 is 11.9 Å². The maximum Gasteiger partial charge on any atom is 0.394 e. The number of amides is 1.